The van der Waals surface area contributed by atoms with Gasteiger partial charge in [-0.15, -0.1) is 0 Å². The van der Waals surface area contributed by atoms with E-state index in [0.717, 1.165) is 17.7 Å². The molecule has 0 saturated carbocycles. The van der Waals surface area contributed by atoms with Gasteiger partial charge in [-0.3, -0.25) is 4.79 Å². The molecule has 0 N–H and O–H groups in total. The Hall–Kier alpha value is -2.74. The number of ether oxygens (including phenoxy) is 2. The summed E-state index contributed by atoms with van der Waals surface area (Å²) in [5.74, 6) is 1.40. The zero-order valence-electron chi connectivity index (χ0n) is 12.3. The molecule has 2 heterocycles. The number of rotatable bonds is 3. The summed E-state index contributed by atoms with van der Waals surface area (Å²) >= 11 is 0. The van der Waals surface area contributed by atoms with Crippen molar-refractivity contribution in [2.75, 3.05) is 13.2 Å². The van der Waals surface area contributed by atoms with E-state index in [4.69, 9.17) is 14.7 Å². The molecule has 0 amide bonds. The average Bonchev–Trinajstić information content (AvgIpc) is 2.56. The van der Waals surface area contributed by atoms with Crippen molar-refractivity contribution in [3.63, 3.8) is 0 Å². The molecule has 0 atom stereocenters. The topological polar surface area (TPSA) is 64.2 Å². The van der Waals surface area contributed by atoms with Crippen LogP contribution in [0.4, 0.5) is 0 Å². The first kappa shape index (κ1) is 14.2. The molecule has 0 fully saturated rings. The Morgan fingerprint density at radius 1 is 1.18 bits per heavy atom. The lowest BCUT2D eigenvalue weighted by Crippen LogP contribution is -2.24. The van der Waals surface area contributed by atoms with Crippen LogP contribution in [0.25, 0.3) is 11.3 Å². The lowest BCUT2D eigenvalue weighted by molar-refractivity contribution is 0.171. The molecule has 2 aromatic rings. The summed E-state index contributed by atoms with van der Waals surface area (Å²) in [6.07, 6.45) is 0.812. The van der Waals surface area contributed by atoms with Crippen molar-refractivity contribution >= 4 is 0 Å². The number of benzene rings is 1. The average molecular weight is 296 g/mol. The van der Waals surface area contributed by atoms with Gasteiger partial charge in [-0.2, -0.15) is 5.26 Å². The van der Waals surface area contributed by atoms with Gasteiger partial charge in [-0.25, -0.2) is 0 Å². The minimum absolute atomic E-state index is 0.162. The fourth-order valence-electron chi connectivity index (χ4n) is 2.56. The molecule has 1 aromatic heterocycles. The number of hydrogen-bond donors (Lipinski definition) is 0. The molecule has 112 valence electrons. The Bertz CT molecular complexity index is 803. The molecule has 0 bridgehead atoms. The summed E-state index contributed by atoms with van der Waals surface area (Å²) in [4.78, 5) is 12.4. The molecule has 5 nitrogen and oxygen atoms in total. The first-order chi connectivity index (χ1) is 10.7. The zero-order valence-corrected chi connectivity index (χ0v) is 12.3. The maximum Gasteiger partial charge on any atom is 0.268 e. The summed E-state index contributed by atoms with van der Waals surface area (Å²) in [6.45, 7) is 3.63. The second kappa shape index (κ2) is 5.94. The summed E-state index contributed by atoms with van der Waals surface area (Å²) in [6, 6.07) is 11.0. The van der Waals surface area contributed by atoms with Crippen LogP contribution in [0.2, 0.25) is 0 Å². The zero-order chi connectivity index (χ0) is 15.5. The molecule has 0 unspecified atom stereocenters. The van der Waals surface area contributed by atoms with Crippen LogP contribution in [-0.4, -0.2) is 17.8 Å². The second-order valence-electron chi connectivity index (χ2n) is 5.06. The molecular weight excluding hydrogens is 280 g/mol. The highest BCUT2D eigenvalue weighted by molar-refractivity contribution is 5.65. The van der Waals surface area contributed by atoms with Crippen LogP contribution >= 0.6 is 0 Å². The van der Waals surface area contributed by atoms with E-state index in [1.54, 1.807) is 16.7 Å². The van der Waals surface area contributed by atoms with Crippen LogP contribution in [0.5, 0.6) is 11.5 Å². The number of fused-ring (bicyclic) bond motifs is 1. The van der Waals surface area contributed by atoms with Crippen molar-refractivity contribution in [2.24, 2.45) is 0 Å². The van der Waals surface area contributed by atoms with Crippen molar-refractivity contribution in [2.45, 2.75) is 19.9 Å². The predicted octanol–water partition coefficient (Wildman–Crippen LogP) is 2.57. The van der Waals surface area contributed by atoms with Crippen LogP contribution < -0.4 is 15.0 Å². The Kier molecular flexibility index (Phi) is 3.84. The third-order valence-corrected chi connectivity index (χ3v) is 3.58. The van der Waals surface area contributed by atoms with E-state index in [-0.39, 0.29) is 11.1 Å². The highest BCUT2D eigenvalue weighted by atomic mass is 16.6. The number of pyridine rings is 1. The van der Waals surface area contributed by atoms with Gasteiger partial charge in [0.25, 0.3) is 5.56 Å². The number of nitrogens with zero attached hydrogens (tertiary/aromatic N) is 2. The fourth-order valence-corrected chi connectivity index (χ4v) is 2.56. The van der Waals surface area contributed by atoms with Gasteiger partial charge in [0.2, 0.25) is 0 Å². The van der Waals surface area contributed by atoms with Gasteiger partial charge in [0.05, 0.1) is 5.69 Å². The number of nitriles is 1. The molecular formula is C17H16N2O3. The van der Waals surface area contributed by atoms with E-state index in [1.165, 1.54) is 0 Å². The minimum atomic E-state index is -0.253. The maximum absolute atomic E-state index is 12.4. The largest absolute Gasteiger partial charge is 0.486 e. The first-order valence-electron chi connectivity index (χ1n) is 7.28. The molecule has 0 aliphatic carbocycles. The van der Waals surface area contributed by atoms with Gasteiger partial charge in [0.1, 0.15) is 24.8 Å². The van der Waals surface area contributed by atoms with Gasteiger partial charge in [-0.1, -0.05) is 6.92 Å². The smallest absolute Gasteiger partial charge is 0.268 e. The van der Waals surface area contributed by atoms with Crippen molar-refractivity contribution in [3.05, 3.63) is 46.2 Å². The molecule has 3 rings (SSSR count). The predicted molar refractivity (Wildman–Crippen MR) is 82.1 cm³/mol. The van der Waals surface area contributed by atoms with E-state index in [0.29, 0.717) is 31.3 Å². The van der Waals surface area contributed by atoms with Gasteiger partial charge in [0, 0.05) is 12.1 Å². The molecule has 0 saturated heterocycles. The van der Waals surface area contributed by atoms with Crippen LogP contribution in [-0.2, 0) is 6.54 Å². The monoisotopic (exact) mass is 296 g/mol. The van der Waals surface area contributed by atoms with Crippen molar-refractivity contribution in [1.29, 1.82) is 5.26 Å². The first-order valence-corrected chi connectivity index (χ1v) is 7.28. The van der Waals surface area contributed by atoms with E-state index in [9.17, 15) is 4.79 Å². The minimum Gasteiger partial charge on any atom is -0.486 e. The standard InChI is InChI=1S/C17H16N2O3/c1-2-7-19-14(5-3-13(11-18)17(19)20)12-4-6-15-16(10-12)22-9-8-21-15/h3-6,10H,2,7-9H2,1H3. The van der Waals surface area contributed by atoms with E-state index in [2.05, 4.69) is 0 Å². The number of hydrogen-bond acceptors (Lipinski definition) is 4. The highest BCUT2D eigenvalue weighted by Gasteiger charge is 2.15. The summed E-state index contributed by atoms with van der Waals surface area (Å²) < 4.78 is 12.8. The van der Waals surface area contributed by atoms with Gasteiger partial charge in [0.15, 0.2) is 11.5 Å². The number of aromatic nitrogens is 1. The molecule has 1 aromatic carbocycles. The molecule has 1 aliphatic rings. The SMILES string of the molecule is CCCn1c(-c2ccc3c(c2)OCCO3)ccc(C#N)c1=O. The highest BCUT2D eigenvalue weighted by Crippen LogP contribution is 2.34. The molecule has 22 heavy (non-hydrogen) atoms. The van der Waals surface area contributed by atoms with Crippen LogP contribution in [0.3, 0.4) is 0 Å². The van der Waals surface area contributed by atoms with E-state index >= 15 is 0 Å². The Labute approximate surface area is 128 Å². The lowest BCUT2D eigenvalue weighted by atomic mass is 10.1. The third kappa shape index (κ3) is 2.44. The second-order valence-corrected chi connectivity index (χ2v) is 5.06. The van der Waals surface area contributed by atoms with Crippen molar-refractivity contribution < 1.29 is 9.47 Å². The van der Waals surface area contributed by atoms with E-state index in [1.807, 2.05) is 31.2 Å². The van der Waals surface area contributed by atoms with E-state index < -0.39 is 0 Å². The van der Waals surface area contributed by atoms with Crippen molar-refractivity contribution in [1.82, 2.24) is 4.57 Å². The van der Waals surface area contributed by atoms with Crippen LogP contribution in [0.1, 0.15) is 18.9 Å². The molecule has 0 radical (unpaired) electrons. The fraction of sp³-hybridized carbons (Fsp3) is 0.294. The van der Waals surface area contributed by atoms with Crippen LogP contribution in [0, 0.1) is 11.3 Å². The maximum atomic E-state index is 12.4. The normalized spacial score (nSPS) is 12.7. The summed E-state index contributed by atoms with van der Waals surface area (Å²) in [7, 11) is 0. The third-order valence-electron chi connectivity index (χ3n) is 3.58. The van der Waals surface area contributed by atoms with Gasteiger partial charge >= 0.3 is 0 Å². The van der Waals surface area contributed by atoms with Gasteiger partial charge in [-0.05, 0) is 36.8 Å². The Morgan fingerprint density at radius 2 is 1.95 bits per heavy atom. The quantitative estimate of drug-likeness (QED) is 0.873. The molecule has 1 aliphatic heterocycles. The lowest BCUT2D eigenvalue weighted by Gasteiger charge is -2.20. The Balaban J connectivity index is 2.14. The van der Waals surface area contributed by atoms with Crippen molar-refractivity contribution in [3.8, 4) is 28.8 Å². The van der Waals surface area contributed by atoms with Gasteiger partial charge < -0.3 is 14.0 Å². The molecule has 0 spiro atoms. The molecule has 5 heteroatoms. The van der Waals surface area contributed by atoms with Crippen LogP contribution in [0.15, 0.2) is 35.1 Å². The summed E-state index contributed by atoms with van der Waals surface area (Å²) in [5.41, 5.74) is 1.56. The summed E-state index contributed by atoms with van der Waals surface area (Å²) in [5, 5.41) is 9.03. The Morgan fingerprint density at radius 3 is 2.68 bits per heavy atom.